The number of hydrogen-bond acceptors (Lipinski definition) is 6. The first-order valence-corrected chi connectivity index (χ1v) is 5.40. The molecule has 2 atom stereocenters. The molecule has 2 aliphatic rings. The van der Waals surface area contributed by atoms with Crippen LogP contribution in [0.3, 0.4) is 0 Å². The Bertz CT molecular complexity index is 354. The van der Waals surface area contributed by atoms with E-state index in [-0.39, 0.29) is 70.9 Å². The van der Waals surface area contributed by atoms with Gasteiger partial charge in [-0.1, -0.05) is 0 Å². The molecule has 0 aromatic rings. The number of hydrogen-bond donors (Lipinski definition) is 2. The largest absolute Gasteiger partial charge is 1.00 e. The summed E-state index contributed by atoms with van der Waals surface area (Å²) in [5.41, 5.74) is 0. The topological polar surface area (TPSA) is 138 Å². The van der Waals surface area contributed by atoms with Crippen LogP contribution < -0.4 is 80.0 Å². The number of amides is 2. The Balaban J connectivity index is 0. The molecule has 0 aromatic carbocycles. The molecular weight excluding hydrogens is 290 g/mol. The third-order valence-electron chi connectivity index (χ3n) is 2.56. The Hall–Kier alpha value is -0.120. The summed E-state index contributed by atoms with van der Waals surface area (Å²) in [6.45, 7) is 0. The zero-order valence-corrected chi connectivity index (χ0v) is 15.4. The number of carboxylic acid groups (broad SMARTS) is 2. The van der Waals surface area contributed by atoms with Crippen LogP contribution in [0.25, 0.3) is 0 Å². The van der Waals surface area contributed by atoms with Crippen LogP contribution in [0, 0.1) is 0 Å². The molecule has 2 rings (SSSR count). The van der Waals surface area contributed by atoms with E-state index in [1.807, 2.05) is 0 Å². The van der Waals surface area contributed by atoms with E-state index in [1.165, 1.54) is 0 Å². The van der Waals surface area contributed by atoms with Gasteiger partial charge >= 0.3 is 59.1 Å². The Kier molecular flexibility index (Phi) is 11.7. The number of carbonyl (C=O) groups is 4. The Morgan fingerprint density at radius 3 is 1.25 bits per heavy atom. The molecule has 0 bridgehead atoms. The van der Waals surface area contributed by atoms with E-state index in [9.17, 15) is 29.4 Å². The molecule has 0 radical (unpaired) electrons. The number of carbonyl (C=O) groups excluding carboxylic acids is 4. The van der Waals surface area contributed by atoms with Crippen LogP contribution in [-0.4, -0.2) is 35.8 Å². The van der Waals surface area contributed by atoms with Crippen LogP contribution >= 0.6 is 0 Å². The third-order valence-corrected chi connectivity index (χ3v) is 2.56. The summed E-state index contributed by atoms with van der Waals surface area (Å²) in [4.78, 5) is 40.8. The van der Waals surface area contributed by atoms with Crippen molar-refractivity contribution in [2.75, 3.05) is 0 Å². The van der Waals surface area contributed by atoms with Crippen molar-refractivity contribution in [3.8, 4) is 0 Å². The molecule has 2 fully saturated rings. The first-order chi connectivity index (χ1) is 8.40. The summed E-state index contributed by atoms with van der Waals surface area (Å²) in [6.07, 6.45) is 1.33. The van der Waals surface area contributed by atoms with E-state index in [4.69, 9.17) is 0 Å². The first kappa shape index (κ1) is 22.2. The second kappa shape index (κ2) is 10.6. The van der Waals surface area contributed by atoms with Crippen molar-refractivity contribution in [2.45, 2.75) is 37.8 Å². The van der Waals surface area contributed by atoms with E-state index in [1.54, 1.807) is 0 Å². The molecule has 2 N–H and O–H groups in total. The average Bonchev–Trinajstić information content (AvgIpc) is 2.88. The van der Waals surface area contributed by atoms with Crippen molar-refractivity contribution in [3.63, 3.8) is 0 Å². The number of rotatable bonds is 2. The van der Waals surface area contributed by atoms with Gasteiger partial charge in [0.1, 0.15) is 0 Å². The molecule has 0 aliphatic carbocycles. The van der Waals surface area contributed by atoms with Crippen LogP contribution in [-0.2, 0) is 19.2 Å². The van der Waals surface area contributed by atoms with Crippen molar-refractivity contribution in [1.82, 2.24) is 10.6 Å². The third kappa shape index (κ3) is 7.61. The minimum absolute atomic E-state index is 0. The minimum Gasteiger partial charge on any atom is -0.548 e. The molecule has 2 heterocycles. The maximum Gasteiger partial charge on any atom is 1.00 e. The Labute approximate surface area is 159 Å². The molecule has 20 heavy (non-hydrogen) atoms. The fourth-order valence-corrected chi connectivity index (χ4v) is 1.58. The molecule has 0 aromatic heterocycles. The van der Waals surface area contributed by atoms with Gasteiger partial charge in [0.25, 0.3) is 0 Å². The second-order valence-corrected chi connectivity index (χ2v) is 3.96. The Morgan fingerprint density at radius 1 is 0.850 bits per heavy atom. The molecule has 2 saturated heterocycles. The average molecular weight is 302 g/mol. The van der Waals surface area contributed by atoms with Gasteiger partial charge < -0.3 is 30.4 Å². The minimum atomic E-state index is -1.19. The van der Waals surface area contributed by atoms with Crippen LogP contribution in [0.5, 0.6) is 0 Å². The zero-order chi connectivity index (χ0) is 13.7. The summed E-state index contributed by atoms with van der Waals surface area (Å²) < 4.78 is 0. The van der Waals surface area contributed by atoms with E-state index < -0.39 is 24.0 Å². The second-order valence-electron chi connectivity index (χ2n) is 3.96. The molecule has 100 valence electrons. The fraction of sp³-hybridized carbons (Fsp3) is 0.600. The van der Waals surface area contributed by atoms with Crippen molar-refractivity contribution >= 4 is 23.8 Å². The van der Waals surface area contributed by atoms with Gasteiger partial charge in [0, 0.05) is 12.8 Å². The van der Waals surface area contributed by atoms with E-state index >= 15 is 0 Å². The number of carboxylic acids is 2. The van der Waals surface area contributed by atoms with Gasteiger partial charge in [-0.05, 0) is 12.8 Å². The standard InChI is InChI=1S/2C5H7NO3.2Na/c2*7-4-2-1-3(6-4)5(8)9;;/h2*3H,1-2H2,(H,6,7)(H,8,9);;/q;;2*+1/p-2. The van der Waals surface area contributed by atoms with E-state index in [0.717, 1.165) is 0 Å². The smallest absolute Gasteiger partial charge is 0.548 e. The van der Waals surface area contributed by atoms with E-state index in [2.05, 4.69) is 10.6 Å². The van der Waals surface area contributed by atoms with Gasteiger partial charge in [0.05, 0.1) is 24.0 Å². The van der Waals surface area contributed by atoms with Gasteiger partial charge in [-0.15, -0.1) is 0 Å². The van der Waals surface area contributed by atoms with Gasteiger partial charge in [-0.3, -0.25) is 9.59 Å². The van der Waals surface area contributed by atoms with Crippen LogP contribution in [0.4, 0.5) is 0 Å². The summed E-state index contributed by atoms with van der Waals surface area (Å²) in [5.74, 6) is -2.80. The SMILES string of the molecule is O=C1CCC(C(=O)[O-])N1.O=C1CCC(C(=O)[O-])N1.[Na+].[Na+]. The number of aliphatic carboxylic acids is 2. The molecular formula is C10H12N2Na2O6. The molecule has 10 heteroatoms. The van der Waals surface area contributed by atoms with Crippen LogP contribution in [0.15, 0.2) is 0 Å². The molecule has 8 nitrogen and oxygen atoms in total. The molecule has 0 spiro atoms. The normalized spacial score (nSPS) is 23.2. The van der Waals surface area contributed by atoms with Crippen molar-refractivity contribution < 1.29 is 88.5 Å². The monoisotopic (exact) mass is 302 g/mol. The maximum atomic E-state index is 10.4. The predicted octanol–water partition coefficient (Wildman–Crippen LogP) is -9.96. The van der Waals surface area contributed by atoms with Crippen molar-refractivity contribution in [2.24, 2.45) is 0 Å². The van der Waals surface area contributed by atoms with Crippen LogP contribution in [0.1, 0.15) is 25.7 Å². The first-order valence-electron chi connectivity index (χ1n) is 5.40. The van der Waals surface area contributed by atoms with Crippen molar-refractivity contribution in [1.29, 1.82) is 0 Å². The van der Waals surface area contributed by atoms with Gasteiger partial charge in [0.15, 0.2) is 0 Å². The predicted molar refractivity (Wildman–Crippen MR) is 52.3 cm³/mol. The summed E-state index contributed by atoms with van der Waals surface area (Å²) in [6, 6.07) is -1.50. The summed E-state index contributed by atoms with van der Waals surface area (Å²) in [5, 5.41) is 24.5. The van der Waals surface area contributed by atoms with Crippen LogP contribution in [0.2, 0.25) is 0 Å². The zero-order valence-electron chi connectivity index (χ0n) is 11.4. The quantitative estimate of drug-likeness (QED) is 0.486. The fourth-order valence-electron chi connectivity index (χ4n) is 1.58. The van der Waals surface area contributed by atoms with E-state index in [0.29, 0.717) is 25.7 Å². The molecule has 0 saturated carbocycles. The van der Waals surface area contributed by atoms with Gasteiger partial charge in [0.2, 0.25) is 11.8 Å². The van der Waals surface area contributed by atoms with Crippen molar-refractivity contribution in [3.05, 3.63) is 0 Å². The summed E-state index contributed by atoms with van der Waals surface area (Å²) in [7, 11) is 0. The number of nitrogens with one attached hydrogen (secondary N) is 2. The maximum absolute atomic E-state index is 10.4. The van der Waals surface area contributed by atoms with Gasteiger partial charge in [-0.25, -0.2) is 0 Å². The van der Waals surface area contributed by atoms with Gasteiger partial charge in [-0.2, -0.15) is 0 Å². The molecule has 2 aliphatic heterocycles. The Morgan fingerprint density at radius 2 is 1.15 bits per heavy atom. The summed E-state index contributed by atoms with van der Waals surface area (Å²) >= 11 is 0. The molecule has 2 amide bonds. The molecule has 2 unspecified atom stereocenters.